The van der Waals surface area contributed by atoms with Crippen molar-refractivity contribution >= 4 is 0 Å². The monoisotopic (exact) mass is 277 g/mol. The van der Waals surface area contributed by atoms with E-state index >= 15 is 0 Å². The third kappa shape index (κ3) is 2.56. The van der Waals surface area contributed by atoms with E-state index in [0.29, 0.717) is 11.6 Å². The van der Waals surface area contributed by atoms with E-state index in [1.165, 1.54) is 31.7 Å². The summed E-state index contributed by atoms with van der Waals surface area (Å²) < 4.78 is 13.9. The normalized spacial score (nSPS) is 31.4. The number of aromatic hydroxyl groups is 1. The number of fused-ring (bicyclic) bond motifs is 2. The molecule has 2 bridgehead atoms. The van der Waals surface area contributed by atoms with Crippen molar-refractivity contribution < 1.29 is 9.50 Å². The Labute approximate surface area is 120 Å². The van der Waals surface area contributed by atoms with Gasteiger partial charge in [0.15, 0.2) is 0 Å². The number of hydrogen-bond donors (Lipinski definition) is 2. The molecule has 0 aromatic heterocycles. The van der Waals surface area contributed by atoms with Crippen LogP contribution in [0, 0.1) is 23.6 Å². The number of phenols is 1. The fraction of sp³-hybridized carbons (Fsp3) is 0.647. The molecular weight excluding hydrogens is 253 g/mol. The van der Waals surface area contributed by atoms with Crippen LogP contribution in [0.3, 0.4) is 0 Å². The molecule has 2 aliphatic rings. The van der Waals surface area contributed by atoms with Gasteiger partial charge in [-0.25, -0.2) is 4.39 Å². The van der Waals surface area contributed by atoms with E-state index < -0.39 is 0 Å². The van der Waals surface area contributed by atoms with Gasteiger partial charge in [-0.2, -0.15) is 0 Å². The molecule has 3 rings (SSSR count). The van der Waals surface area contributed by atoms with Gasteiger partial charge in [-0.15, -0.1) is 0 Å². The van der Waals surface area contributed by atoms with Gasteiger partial charge < -0.3 is 10.4 Å². The molecule has 0 amide bonds. The summed E-state index contributed by atoms with van der Waals surface area (Å²) >= 11 is 0. The first-order valence-corrected chi connectivity index (χ1v) is 7.79. The predicted octanol–water partition coefficient (Wildman–Crippen LogP) is 4.01. The standard InChI is InChI=1S/C17H24FNO/c1-10(15-6-5-14(20)9-17(15)18)19-11(2)16-8-12-3-4-13(16)7-12/h5-6,9-13,16,19-20H,3-4,7-8H2,1-2H3. The van der Waals surface area contributed by atoms with Crippen LogP contribution in [0.15, 0.2) is 18.2 Å². The molecule has 110 valence electrons. The van der Waals surface area contributed by atoms with Crippen molar-refractivity contribution in [3.63, 3.8) is 0 Å². The molecule has 0 spiro atoms. The van der Waals surface area contributed by atoms with Crippen molar-refractivity contribution in [2.45, 2.75) is 51.6 Å². The van der Waals surface area contributed by atoms with E-state index in [2.05, 4.69) is 12.2 Å². The Morgan fingerprint density at radius 2 is 2.05 bits per heavy atom. The van der Waals surface area contributed by atoms with Crippen LogP contribution in [0.25, 0.3) is 0 Å². The summed E-state index contributed by atoms with van der Waals surface area (Å²) in [4.78, 5) is 0. The molecule has 5 unspecified atom stereocenters. The van der Waals surface area contributed by atoms with Crippen LogP contribution >= 0.6 is 0 Å². The van der Waals surface area contributed by atoms with Crippen molar-refractivity contribution in [1.82, 2.24) is 5.32 Å². The van der Waals surface area contributed by atoms with E-state index in [9.17, 15) is 9.50 Å². The van der Waals surface area contributed by atoms with E-state index in [0.717, 1.165) is 17.8 Å². The molecule has 0 heterocycles. The fourth-order valence-electron chi connectivity index (χ4n) is 4.38. The molecule has 1 aromatic carbocycles. The van der Waals surface area contributed by atoms with E-state index in [4.69, 9.17) is 0 Å². The molecule has 0 saturated heterocycles. The number of rotatable bonds is 4. The zero-order chi connectivity index (χ0) is 14.3. The minimum atomic E-state index is -0.329. The van der Waals surface area contributed by atoms with Crippen molar-refractivity contribution in [3.05, 3.63) is 29.6 Å². The maximum Gasteiger partial charge on any atom is 0.131 e. The average Bonchev–Trinajstić information content (AvgIpc) is 3.00. The minimum absolute atomic E-state index is 0.0143. The second kappa shape index (κ2) is 5.36. The Bertz CT molecular complexity index is 490. The Balaban J connectivity index is 1.65. The van der Waals surface area contributed by atoms with Crippen LogP contribution in [-0.4, -0.2) is 11.1 Å². The number of phenolic OH excluding ortho intramolecular Hbond substituents is 1. The summed E-state index contributed by atoms with van der Waals surface area (Å²) in [6, 6.07) is 4.82. The molecule has 5 atom stereocenters. The third-order valence-electron chi connectivity index (χ3n) is 5.40. The fourth-order valence-corrected chi connectivity index (χ4v) is 4.38. The van der Waals surface area contributed by atoms with Gasteiger partial charge in [0.05, 0.1) is 0 Å². The second-order valence-electron chi connectivity index (χ2n) is 6.72. The maximum absolute atomic E-state index is 13.9. The first-order chi connectivity index (χ1) is 9.54. The summed E-state index contributed by atoms with van der Waals surface area (Å²) in [5.41, 5.74) is 0.637. The van der Waals surface area contributed by atoms with Gasteiger partial charge in [0.1, 0.15) is 11.6 Å². The molecule has 2 N–H and O–H groups in total. The van der Waals surface area contributed by atoms with Gasteiger partial charge in [-0.05, 0) is 56.9 Å². The van der Waals surface area contributed by atoms with Gasteiger partial charge in [0.25, 0.3) is 0 Å². The van der Waals surface area contributed by atoms with Crippen LogP contribution in [0.5, 0.6) is 5.75 Å². The Morgan fingerprint density at radius 3 is 2.65 bits per heavy atom. The molecular formula is C17H24FNO. The average molecular weight is 277 g/mol. The lowest BCUT2D eigenvalue weighted by Gasteiger charge is -2.31. The van der Waals surface area contributed by atoms with E-state index in [1.54, 1.807) is 12.1 Å². The summed E-state index contributed by atoms with van der Waals surface area (Å²) in [6.45, 7) is 4.24. The number of nitrogens with one attached hydrogen (secondary N) is 1. The van der Waals surface area contributed by atoms with Crippen molar-refractivity contribution in [2.24, 2.45) is 17.8 Å². The highest BCUT2D eigenvalue weighted by atomic mass is 19.1. The van der Waals surface area contributed by atoms with Crippen LogP contribution in [0.4, 0.5) is 4.39 Å². The van der Waals surface area contributed by atoms with Crippen molar-refractivity contribution in [2.75, 3.05) is 0 Å². The highest BCUT2D eigenvalue weighted by Crippen LogP contribution is 2.49. The zero-order valence-corrected chi connectivity index (χ0v) is 12.3. The maximum atomic E-state index is 13.9. The number of benzene rings is 1. The lowest BCUT2D eigenvalue weighted by Crippen LogP contribution is -2.38. The van der Waals surface area contributed by atoms with Gasteiger partial charge in [-0.3, -0.25) is 0 Å². The highest BCUT2D eigenvalue weighted by Gasteiger charge is 2.41. The van der Waals surface area contributed by atoms with E-state index in [-0.39, 0.29) is 17.6 Å². The largest absolute Gasteiger partial charge is 0.508 e. The lowest BCUT2D eigenvalue weighted by molar-refractivity contribution is 0.247. The molecule has 0 radical (unpaired) electrons. The quantitative estimate of drug-likeness (QED) is 0.871. The van der Waals surface area contributed by atoms with Crippen LogP contribution in [0.1, 0.15) is 51.1 Å². The number of hydrogen-bond acceptors (Lipinski definition) is 2. The molecule has 2 fully saturated rings. The van der Waals surface area contributed by atoms with Crippen LogP contribution < -0.4 is 5.32 Å². The van der Waals surface area contributed by atoms with E-state index in [1.807, 2.05) is 6.92 Å². The second-order valence-corrected chi connectivity index (χ2v) is 6.72. The van der Waals surface area contributed by atoms with Gasteiger partial charge >= 0.3 is 0 Å². The smallest absolute Gasteiger partial charge is 0.131 e. The topological polar surface area (TPSA) is 32.3 Å². The summed E-state index contributed by atoms with van der Waals surface area (Å²) in [7, 11) is 0. The van der Waals surface area contributed by atoms with Crippen LogP contribution in [-0.2, 0) is 0 Å². The molecule has 3 heteroatoms. The van der Waals surface area contributed by atoms with Crippen LogP contribution in [0.2, 0.25) is 0 Å². The molecule has 2 nitrogen and oxygen atoms in total. The molecule has 2 aliphatic carbocycles. The first kappa shape index (κ1) is 13.9. The molecule has 2 saturated carbocycles. The highest BCUT2D eigenvalue weighted by molar-refractivity contribution is 5.29. The first-order valence-electron chi connectivity index (χ1n) is 7.79. The van der Waals surface area contributed by atoms with Crippen molar-refractivity contribution in [1.29, 1.82) is 0 Å². The summed E-state index contributed by atoms with van der Waals surface area (Å²) in [6.07, 6.45) is 5.53. The Kier molecular flexibility index (Phi) is 3.72. The Hall–Kier alpha value is -1.09. The van der Waals surface area contributed by atoms with Crippen molar-refractivity contribution in [3.8, 4) is 5.75 Å². The lowest BCUT2D eigenvalue weighted by atomic mass is 9.83. The SMILES string of the molecule is CC(NC(C)C1CC2CCC1C2)c1ccc(O)cc1F. The predicted molar refractivity (Wildman–Crippen MR) is 78.0 cm³/mol. The third-order valence-corrected chi connectivity index (χ3v) is 5.40. The van der Waals surface area contributed by atoms with Gasteiger partial charge in [-0.1, -0.05) is 12.5 Å². The minimum Gasteiger partial charge on any atom is -0.508 e. The van der Waals surface area contributed by atoms with Gasteiger partial charge in [0, 0.05) is 23.7 Å². The van der Waals surface area contributed by atoms with Gasteiger partial charge in [0.2, 0.25) is 0 Å². The molecule has 20 heavy (non-hydrogen) atoms. The molecule has 1 aromatic rings. The summed E-state index contributed by atoms with van der Waals surface area (Å²) in [5, 5.41) is 12.8. The number of halogens is 1. The summed E-state index contributed by atoms with van der Waals surface area (Å²) in [5.74, 6) is 2.22. The zero-order valence-electron chi connectivity index (χ0n) is 12.3. The Morgan fingerprint density at radius 1 is 1.25 bits per heavy atom. The molecule has 0 aliphatic heterocycles.